The molecule has 0 atom stereocenters. The Labute approximate surface area is 179 Å². The molecule has 0 radical (unpaired) electrons. The number of rotatable bonds is 6. The molecule has 3 rings (SSSR count). The van der Waals surface area contributed by atoms with Gasteiger partial charge in [0.05, 0.1) is 18.5 Å². The first-order valence-corrected chi connectivity index (χ1v) is 10.6. The first-order valence-electron chi connectivity index (χ1n) is 8.60. The van der Waals surface area contributed by atoms with Crippen LogP contribution in [0, 0.1) is 0 Å². The molecule has 0 spiro atoms. The number of thiocarbonyl (C=S) groups is 1. The second-order valence-electron chi connectivity index (χ2n) is 6.20. The molecule has 156 valence electrons. The van der Waals surface area contributed by atoms with Gasteiger partial charge in [-0.2, -0.15) is 5.10 Å². The largest absolute Gasteiger partial charge is 0.497 e. The number of hydrazone groups is 1. The van der Waals surface area contributed by atoms with Crippen LogP contribution in [0.4, 0.5) is 11.4 Å². The van der Waals surface area contributed by atoms with Crippen LogP contribution >= 0.6 is 12.2 Å². The van der Waals surface area contributed by atoms with E-state index in [9.17, 15) is 13.2 Å². The van der Waals surface area contributed by atoms with Crippen molar-refractivity contribution in [1.29, 1.82) is 0 Å². The fourth-order valence-electron chi connectivity index (χ4n) is 3.02. The van der Waals surface area contributed by atoms with Crippen LogP contribution in [0.3, 0.4) is 0 Å². The highest BCUT2D eigenvalue weighted by Crippen LogP contribution is 2.33. The number of ether oxygens (including phenoxy) is 1. The molecule has 0 aromatic heterocycles. The minimum atomic E-state index is -4.10. The number of carbonyl (C=O) groups excluding carboxylic acids is 1. The fraction of sp³-hybridized carbons (Fsp3) is 0.105. The normalized spacial score (nSPS) is 14.5. The quantitative estimate of drug-likeness (QED) is 0.389. The van der Waals surface area contributed by atoms with E-state index in [2.05, 4.69) is 11.7 Å². The van der Waals surface area contributed by atoms with E-state index in [4.69, 9.17) is 27.8 Å². The molecule has 0 saturated heterocycles. The topological polar surface area (TPSA) is 131 Å². The van der Waals surface area contributed by atoms with Crippen LogP contribution < -0.4 is 25.5 Å². The molecular formula is C19H19N5O4S2. The van der Waals surface area contributed by atoms with Gasteiger partial charge < -0.3 is 15.4 Å². The van der Waals surface area contributed by atoms with E-state index >= 15 is 0 Å². The number of hydrogen-bond acceptors (Lipinski definition) is 6. The Hall–Kier alpha value is -3.28. The summed E-state index contributed by atoms with van der Waals surface area (Å²) >= 11 is 5.08. The van der Waals surface area contributed by atoms with Crippen LogP contribution in [0.2, 0.25) is 0 Å². The number of carbonyl (C=O) groups is 1. The van der Waals surface area contributed by atoms with E-state index in [1.54, 1.807) is 30.3 Å². The number of amides is 1. The van der Waals surface area contributed by atoms with Crippen LogP contribution in [0.25, 0.3) is 0 Å². The molecule has 11 heteroatoms. The predicted molar refractivity (Wildman–Crippen MR) is 119 cm³/mol. The molecule has 4 N–H and O–H groups in total. The van der Waals surface area contributed by atoms with Crippen molar-refractivity contribution in [2.24, 2.45) is 16.0 Å². The Morgan fingerprint density at radius 1 is 1.33 bits per heavy atom. The number of anilines is 2. The molecule has 9 nitrogen and oxygen atoms in total. The molecular weight excluding hydrogens is 426 g/mol. The first-order chi connectivity index (χ1) is 14.2. The van der Waals surface area contributed by atoms with Gasteiger partial charge in [0.15, 0.2) is 10.8 Å². The van der Waals surface area contributed by atoms with Gasteiger partial charge in [-0.3, -0.25) is 4.79 Å². The summed E-state index contributed by atoms with van der Waals surface area (Å²) in [7, 11) is -2.60. The average Bonchev–Trinajstić information content (AvgIpc) is 2.96. The Kier molecular flexibility index (Phi) is 5.87. The number of benzene rings is 2. The van der Waals surface area contributed by atoms with Gasteiger partial charge in [0.2, 0.25) is 10.0 Å². The van der Waals surface area contributed by atoms with Crippen molar-refractivity contribution in [2.75, 3.05) is 23.6 Å². The van der Waals surface area contributed by atoms with Gasteiger partial charge in [0.1, 0.15) is 10.6 Å². The summed E-state index contributed by atoms with van der Waals surface area (Å²) in [6, 6.07) is 10.9. The van der Waals surface area contributed by atoms with Crippen molar-refractivity contribution in [1.82, 2.24) is 0 Å². The Balaban J connectivity index is 2.23. The third kappa shape index (κ3) is 3.90. The molecule has 2 aromatic carbocycles. The summed E-state index contributed by atoms with van der Waals surface area (Å²) < 4.78 is 29.3. The Morgan fingerprint density at radius 2 is 2.03 bits per heavy atom. The van der Waals surface area contributed by atoms with Crippen LogP contribution in [0.5, 0.6) is 5.75 Å². The summed E-state index contributed by atoms with van der Waals surface area (Å²) in [5.41, 5.74) is 6.95. The van der Waals surface area contributed by atoms with Gasteiger partial charge in [0, 0.05) is 12.1 Å². The maximum atomic E-state index is 13.1. The minimum Gasteiger partial charge on any atom is -0.497 e. The monoisotopic (exact) mass is 445 g/mol. The maximum absolute atomic E-state index is 13.1. The summed E-state index contributed by atoms with van der Waals surface area (Å²) in [5, 5.41) is 10.4. The number of nitrogens with two attached hydrogens (primary N) is 2. The highest BCUT2D eigenvalue weighted by molar-refractivity contribution is 7.89. The number of sulfonamides is 1. The summed E-state index contributed by atoms with van der Waals surface area (Å²) in [4.78, 5) is 14.3. The Bertz CT molecular complexity index is 1180. The second-order valence-corrected chi connectivity index (χ2v) is 8.15. The summed E-state index contributed by atoms with van der Waals surface area (Å²) in [6.07, 6.45) is 1.58. The molecule has 0 unspecified atom stereocenters. The van der Waals surface area contributed by atoms with Crippen molar-refractivity contribution >= 4 is 50.3 Å². The molecule has 0 aliphatic carbocycles. The van der Waals surface area contributed by atoms with E-state index in [-0.39, 0.29) is 28.0 Å². The number of nitrogens with zero attached hydrogens (tertiary/aromatic N) is 3. The fourth-order valence-corrected chi connectivity index (χ4v) is 3.87. The van der Waals surface area contributed by atoms with Crippen molar-refractivity contribution in [2.45, 2.75) is 4.90 Å². The van der Waals surface area contributed by atoms with E-state index in [1.807, 2.05) is 0 Å². The smallest absolute Gasteiger partial charge is 0.279 e. The molecule has 1 aliphatic rings. The first kappa shape index (κ1) is 21.4. The van der Waals surface area contributed by atoms with Gasteiger partial charge in [-0.15, -0.1) is 6.58 Å². The van der Waals surface area contributed by atoms with Crippen LogP contribution in [-0.4, -0.2) is 38.8 Å². The standard InChI is InChI=1S/C19H19N5O4S2/c1-3-10-23-14-9-8-12(28-2)11-13(14)17(18(23)25)22-24(19(20)29)15-6-4-5-7-16(15)30(21,26)27/h3-9,11H,1,10H2,2H3,(H2,20,29)(H2,21,26,27)/b22-17-. The molecule has 1 heterocycles. The third-order valence-corrected chi connectivity index (χ3v) is 5.45. The van der Waals surface area contributed by atoms with Crippen molar-refractivity contribution in [3.63, 3.8) is 0 Å². The van der Waals surface area contributed by atoms with Gasteiger partial charge in [-0.25, -0.2) is 18.6 Å². The van der Waals surface area contributed by atoms with Gasteiger partial charge in [-0.05, 0) is 42.5 Å². The number of primary sulfonamides is 1. The van der Waals surface area contributed by atoms with Crippen LogP contribution in [-0.2, 0) is 14.8 Å². The Morgan fingerprint density at radius 3 is 2.63 bits per heavy atom. The molecule has 0 saturated carbocycles. The van der Waals surface area contributed by atoms with Crippen molar-refractivity contribution < 1.29 is 17.9 Å². The van der Waals surface area contributed by atoms with Crippen molar-refractivity contribution in [3.05, 3.63) is 60.7 Å². The molecule has 30 heavy (non-hydrogen) atoms. The zero-order chi connectivity index (χ0) is 22.1. The lowest BCUT2D eigenvalue weighted by molar-refractivity contribution is -0.112. The zero-order valence-electron chi connectivity index (χ0n) is 16.0. The number of methoxy groups -OCH3 is 1. The average molecular weight is 446 g/mol. The lowest BCUT2D eigenvalue weighted by Gasteiger charge is -2.20. The zero-order valence-corrected chi connectivity index (χ0v) is 17.6. The van der Waals surface area contributed by atoms with Gasteiger partial charge in [0.25, 0.3) is 5.91 Å². The van der Waals surface area contributed by atoms with E-state index in [0.29, 0.717) is 17.0 Å². The van der Waals surface area contributed by atoms with Crippen LogP contribution in [0.15, 0.2) is 65.1 Å². The third-order valence-electron chi connectivity index (χ3n) is 4.32. The second kappa shape index (κ2) is 8.22. The maximum Gasteiger partial charge on any atom is 0.279 e. The summed E-state index contributed by atoms with van der Waals surface area (Å²) in [6.45, 7) is 3.92. The highest BCUT2D eigenvalue weighted by Gasteiger charge is 2.35. The van der Waals surface area contributed by atoms with Crippen LogP contribution in [0.1, 0.15) is 5.56 Å². The molecule has 1 amide bonds. The molecule has 0 fully saturated rings. The molecule has 0 bridgehead atoms. The minimum absolute atomic E-state index is 0.0165. The van der Waals surface area contributed by atoms with Gasteiger partial charge in [-0.1, -0.05) is 18.2 Å². The highest BCUT2D eigenvalue weighted by atomic mass is 32.2. The predicted octanol–water partition coefficient (Wildman–Crippen LogP) is 1.33. The van der Waals surface area contributed by atoms with Gasteiger partial charge >= 0.3 is 0 Å². The lowest BCUT2D eigenvalue weighted by Crippen LogP contribution is -2.36. The number of fused-ring (bicyclic) bond motifs is 1. The van der Waals surface area contributed by atoms with E-state index in [1.165, 1.54) is 30.2 Å². The SMILES string of the molecule is C=CCN1C(=O)/C(=N\N(C(N)=S)c2ccccc2S(N)(=O)=O)c2cc(OC)ccc21. The summed E-state index contributed by atoms with van der Waals surface area (Å²) in [5.74, 6) is 0.0917. The number of para-hydroxylation sites is 1. The lowest BCUT2D eigenvalue weighted by atomic mass is 10.1. The molecule has 1 aliphatic heterocycles. The molecule has 2 aromatic rings. The van der Waals surface area contributed by atoms with Crippen molar-refractivity contribution in [3.8, 4) is 5.75 Å². The van der Waals surface area contributed by atoms with E-state index < -0.39 is 15.9 Å². The number of hydrogen-bond donors (Lipinski definition) is 2. The van der Waals surface area contributed by atoms with E-state index in [0.717, 1.165) is 5.01 Å².